The van der Waals surface area contributed by atoms with Crippen LogP contribution in [-0.2, 0) is 14.9 Å². The van der Waals surface area contributed by atoms with Gasteiger partial charge in [0.1, 0.15) is 5.75 Å². The first-order valence-electron chi connectivity index (χ1n) is 7.75. The zero-order chi connectivity index (χ0) is 16.6. The standard InChI is InChI=1S/C18H25NO3/c1-5-10-18(13-19,14(3)11-17(20)22-6-2)15-8-7-9-16(12-15)21-4/h7-9,12,14H,5-6,10-11H2,1-4H3/t14-,18-/m1/s1. The lowest BCUT2D eigenvalue weighted by Gasteiger charge is -2.33. The maximum atomic E-state index is 11.8. The summed E-state index contributed by atoms with van der Waals surface area (Å²) in [5.41, 5.74) is 0.184. The summed E-state index contributed by atoms with van der Waals surface area (Å²) < 4.78 is 10.3. The number of ether oxygens (including phenoxy) is 2. The molecule has 0 heterocycles. The molecule has 0 aliphatic carbocycles. The molecule has 2 atom stereocenters. The van der Waals surface area contributed by atoms with Gasteiger partial charge in [0.25, 0.3) is 0 Å². The third kappa shape index (κ3) is 4.00. The molecular formula is C18H25NO3. The molecule has 1 aromatic carbocycles. The molecule has 1 rings (SSSR count). The van der Waals surface area contributed by atoms with Gasteiger partial charge < -0.3 is 9.47 Å². The first-order chi connectivity index (χ1) is 10.5. The van der Waals surface area contributed by atoms with Gasteiger partial charge in [-0.3, -0.25) is 4.79 Å². The van der Waals surface area contributed by atoms with Crippen molar-refractivity contribution in [2.24, 2.45) is 5.92 Å². The van der Waals surface area contributed by atoms with Crippen LogP contribution in [0, 0.1) is 17.2 Å². The molecule has 1 aromatic rings. The lowest BCUT2D eigenvalue weighted by molar-refractivity contribution is -0.144. The van der Waals surface area contributed by atoms with E-state index in [0.29, 0.717) is 13.0 Å². The second-order valence-electron chi connectivity index (χ2n) is 5.48. The molecule has 4 nitrogen and oxygen atoms in total. The van der Waals surface area contributed by atoms with Crippen LogP contribution in [0.25, 0.3) is 0 Å². The molecule has 120 valence electrons. The van der Waals surface area contributed by atoms with Crippen LogP contribution >= 0.6 is 0 Å². The summed E-state index contributed by atoms with van der Waals surface area (Å²) in [4.78, 5) is 11.8. The van der Waals surface area contributed by atoms with E-state index in [2.05, 4.69) is 6.07 Å². The zero-order valence-corrected chi connectivity index (χ0v) is 13.9. The van der Waals surface area contributed by atoms with Crippen LogP contribution in [0.5, 0.6) is 5.75 Å². The van der Waals surface area contributed by atoms with Crippen molar-refractivity contribution < 1.29 is 14.3 Å². The lowest BCUT2D eigenvalue weighted by atomic mass is 9.68. The molecule has 0 aliphatic heterocycles. The topological polar surface area (TPSA) is 59.3 Å². The Kier molecular flexibility index (Phi) is 6.91. The van der Waals surface area contributed by atoms with E-state index in [0.717, 1.165) is 17.7 Å². The summed E-state index contributed by atoms with van der Waals surface area (Å²) in [7, 11) is 1.61. The Bertz CT molecular complexity index is 535. The Morgan fingerprint density at radius 3 is 2.68 bits per heavy atom. The molecule has 0 radical (unpaired) electrons. The molecule has 4 heteroatoms. The highest BCUT2D eigenvalue weighted by atomic mass is 16.5. The monoisotopic (exact) mass is 303 g/mol. The van der Waals surface area contributed by atoms with E-state index in [1.807, 2.05) is 38.1 Å². The van der Waals surface area contributed by atoms with Gasteiger partial charge in [-0.05, 0) is 37.0 Å². The van der Waals surface area contributed by atoms with Crippen LogP contribution < -0.4 is 4.74 Å². The summed E-state index contributed by atoms with van der Waals surface area (Å²) in [6.07, 6.45) is 1.79. The number of esters is 1. The third-order valence-electron chi connectivity index (χ3n) is 4.05. The van der Waals surface area contributed by atoms with Crippen molar-refractivity contribution in [1.29, 1.82) is 5.26 Å². The molecule has 0 fully saturated rings. The highest BCUT2D eigenvalue weighted by Gasteiger charge is 2.39. The molecule has 0 aliphatic rings. The van der Waals surface area contributed by atoms with Crippen molar-refractivity contribution in [3.63, 3.8) is 0 Å². The van der Waals surface area contributed by atoms with Gasteiger partial charge in [-0.2, -0.15) is 5.26 Å². The molecule has 0 aromatic heterocycles. The number of nitriles is 1. The van der Waals surface area contributed by atoms with E-state index in [9.17, 15) is 10.1 Å². The van der Waals surface area contributed by atoms with Crippen molar-refractivity contribution >= 4 is 5.97 Å². The number of hydrogen-bond donors (Lipinski definition) is 0. The van der Waals surface area contributed by atoms with Gasteiger partial charge in [0, 0.05) is 6.42 Å². The Morgan fingerprint density at radius 2 is 2.14 bits per heavy atom. The van der Waals surface area contributed by atoms with Crippen molar-refractivity contribution in [3.05, 3.63) is 29.8 Å². The van der Waals surface area contributed by atoms with Crippen LogP contribution in [0.1, 0.15) is 45.6 Å². The molecule has 0 spiro atoms. The Labute approximate surface area is 133 Å². The first kappa shape index (κ1) is 18.0. The third-order valence-corrected chi connectivity index (χ3v) is 4.05. The predicted octanol–water partition coefficient (Wildman–Crippen LogP) is 3.85. The number of hydrogen-bond acceptors (Lipinski definition) is 4. The average Bonchev–Trinajstić information content (AvgIpc) is 2.52. The predicted molar refractivity (Wildman–Crippen MR) is 85.6 cm³/mol. The summed E-state index contributed by atoms with van der Waals surface area (Å²) in [6, 6.07) is 10.0. The molecule has 0 unspecified atom stereocenters. The molecule has 0 saturated carbocycles. The van der Waals surface area contributed by atoms with Gasteiger partial charge in [0.05, 0.1) is 25.2 Å². The molecular weight excluding hydrogens is 278 g/mol. The Hall–Kier alpha value is -2.02. The molecule has 0 amide bonds. The van der Waals surface area contributed by atoms with Gasteiger partial charge >= 0.3 is 5.97 Å². The molecule has 0 saturated heterocycles. The minimum atomic E-state index is -0.712. The van der Waals surface area contributed by atoms with E-state index in [4.69, 9.17) is 9.47 Å². The van der Waals surface area contributed by atoms with Gasteiger partial charge in [-0.25, -0.2) is 0 Å². The fourth-order valence-electron chi connectivity index (χ4n) is 2.84. The first-order valence-corrected chi connectivity index (χ1v) is 7.75. The number of benzene rings is 1. The van der Waals surface area contributed by atoms with Crippen LogP contribution in [-0.4, -0.2) is 19.7 Å². The fraction of sp³-hybridized carbons (Fsp3) is 0.556. The lowest BCUT2D eigenvalue weighted by Crippen LogP contribution is -2.34. The summed E-state index contributed by atoms with van der Waals surface area (Å²) in [5, 5.41) is 9.89. The van der Waals surface area contributed by atoms with E-state index in [1.54, 1.807) is 14.0 Å². The summed E-state index contributed by atoms with van der Waals surface area (Å²) in [6.45, 7) is 6.13. The van der Waals surface area contributed by atoms with E-state index in [-0.39, 0.29) is 18.3 Å². The number of rotatable bonds is 8. The number of carbonyl (C=O) groups is 1. The van der Waals surface area contributed by atoms with Crippen LogP contribution in [0.15, 0.2) is 24.3 Å². The van der Waals surface area contributed by atoms with Gasteiger partial charge in [0.15, 0.2) is 0 Å². The summed E-state index contributed by atoms with van der Waals surface area (Å²) in [5.74, 6) is 0.328. The van der Waals surface area contributed by atoms with Crippen molar-refractivity contribution in [3.8, 4) is 11.8 Å². The normalized spacial score (nSPS) is 14.5. The maximum Gasteiger partial charge on any atom is 0.306 e. The van der Waals surface area contributed by atoms with Crippen LogP contribution in [0.3, 0.4) is 0 Å². The smallest absolute Gasteiger partial charge is 0.306 e. The highest BCUT2D eigenvalue weighted by Crippen LogP contribution is 2.39. The number of carbonyl (C=O) groups excluding carboxylic acids is 1. The number of methoxy groups -OCH3 is 1. The summed E-state index contributed by atoms with van der Waals surface area (Å²) >= 11 is 0. The minimum Gasteiger partial charge on any atom is -0.497 e. The van der Waals surface area contributed by atoms with E-state index >= 15 is 0 Å². The largest absolute Gasteiger partial charge is 0.497 e. The second kappa shape index (κ2) is 8.43. The Morgan fingerprint density at radius 1 is 1.41 bits per heavy atom. The number of nitrogens with zero attached hydrogens (tertiary/aromatic N) is 1. The van der Waals surface area contributed by atoms with Gasteiger partial charge in [-0.15, -0.1) is 0 Å². The molecule has 22 heavy (non-hydrogen) atoms. The van der Waals surface area contributed by atoms with Crippen molar-refractivity contribution in [1.82, 2.24) is 0 Å². The van der Waals surface area contributed by atoms with Gasteiger partial charge in [0.2, 0.25) is 0 Å². The maximum absolute atomic E-state index is 11.8. The SMILES string of the molecule is CCC[C@](C#N)(c1cccc(OC)c1)[C@H](C)CC(=O)OCC. The molecule has 0 bridgehead atoms. The average molecular weight is 303 g/mol. The van der Waals surface area contributed by atoms with Crippen molar-refractivity contribution in [2.45, 2.75) is 45.4 Å². The Balaban J connectivity index is 3.18. The second-order valence-corrected chi connectivity index (χ2v) is 5.48. The highest BCUT2D eigenvalue weighted by molar-refractivity contribution is 5.70. The van der Waals surface area contributed by atoms with Crippen LogP contribution in [0.4, 0.5) is 0 Å². The van der Waals surface area contributed by atoms with E-state index < -0.39 is 5.41 Å². The quantitative estimate of drug-likeness (QED) is 0.684. The molecule has 0 N–H and O–H groups in total. The van der Waals surface area contributed by atoms with Crippen LogP contribution in [0.2, 0.25) is 0 Å². The van der Waals surface area contributed by atoms with Gasteiger partial charge in [-0.1, -0.05) is 32.4 Å². The zero-order valence-electron chi connectivity index (χ0n) is 13.9. The van der Waals surface area contributed by atoms with Crippen molar-refractivity contribution in [2.75, 3.05) is 13.7 Å². The minimum absolute atomic E-state index is 0.136. The van der Waals surface area contributed by atoms with E-state index in [1.165, 1.54) is 0 Å². The fourth-order valence-corrected chi connectivity index (χ4v) is 2.84.